The van der Waals surface area contributed by atoms with E-state index in [1.54, 1.807) is 49.4 Å². The van der Waals surface area contributed by atoms with Crippen molar-refractivity contribution in [2.45, 2.75) is 13.0 Å². The fourth-order valence-corrected chi connectivity index (χ4v) is 2.59. The van der Waals surface area contributed by atoms with E-state index in [0.717, 1.165) is 0 Å². The van der Waals surface area contributed by atoms with Crippen molar-refractivity contribution in [2.75, 3.05) is 7.05 Å². The number of carbonyl (C=O) groups is 3. The molecule has 8 heteroatoms. The number of amides is 3. The molecule has 0 fully saturated rings. The molecule has 8 nitrogen and oxygen atoms in total. The lowest BCUT2D eigenvalue weighted by atomic mass is 10.1. The van der Waals surface area contributed by atoms with Gasteiger partial charge in [-0.3, -0.25) is 10.1 Å². The first-order chi connectivity index (χ1) is 14.0. The van der Waals surface area contributed by atoms with Gasteiger partial charge in [0.1, 0.15) is 5.76 Å². The van der Waals surface area contributed by atoms with Gasteiger partial charge in [-0.25, -0.2) is 14.6 Å². The third kappa shape index (κ3) is 4.67. The lowest BCUT2D eigenvalue weighted by Crippen LogP contribution is -2.41. The molecule has 148 valence electrons. The van der Waals surface area contributed by atoms with Gasteiger partial charge in [0.15, 0.2) is 5.69 Å². The third-order valence-electron chi connectivity index (χ3n) is 4.04. The molecule has 0 aliphatic rings. The van der Waals surface area contributed by atoms with Gasteiger partial charge in [-0.2, -0.15) is 0 Å². The lowest BCUT2D eigenvalue weighted by Gasteiger charge is -2.17. The zero-order valence-electron chi connectivity index (χ0n) is 15.8. The van der Waals surface area contributed by atoms with E-state index in [-0.39, 0.29) is 17.3 Å². The van der Waals surface area contributed by atoms with Crippen LogP contribution in [0.2, 0.25) is 0 Å². The maximum Gasteiger partial charge on any atom is 0.361 e. The van der Waals surface area contributed by atoms with Crippen LogP contribution in [0.4, 0.5) is 4.79 Å². The van der Waals surface area contributed by atoms with Crippen molar-refractivity contribution in [3.8, 4) is 11.5 Å². The Morgan fingerprint density at radius 1 is 1.00 bits per heavy atom. The minimum absolute atomic E-state index is 0.0440. The van der Waals surface area contributed by atoms with Crippen molar-refractivity contribution in [2.24, 2.45) is 0 Å². The van der Waals surface area contributed by atoms with E-state index in [4.69, 9.17) is 9.15 Å². The first-order valence-electron chi connectivity index (χ1n) is 8.81. The average molecular weight is 393 g/mol. The van der Waals surface area contributed by atoms with E-state index < -0.39 is 24.0 Å². The van der Waals surface area contributed by atoms with Crippen LogP contribution in [-0.2, 0) is 9.53 Å². The van der Waals surface area contributed by atoms with Gasteiger partial charge in [-0.15, -0.1) is 0 Å². The number of ether oxygens (including phenoxy) is 1. The summed E-state index contributed by atoms with van der Waals surface area (Å²) in [6.45, 7) is 1.58. The van der Waals surface area contributed by atoms with E-state index in [0.29, 0.717) is 11.1 Å². The summed E-state index contributed by atoms with van der Waals surface area (Å²) in [6.07, 6.45) is -1.34. The average Bonchev–Trinajstić information content (AvgIpc) is 3.14. The van der Waals surface area contributed by atoms with Gasteiger partial charge in [0.2, 0.25) is 12.0 Å². The van der Waals surface area contributed by atoms with Crippen molar-refractivity contribution in [1.82, 2.24) is 15.6 Å². The second-order valence-electron chi connectivity index (χ2n) is 6.05. The van der Waals surface area contributed by atoms with Crippen molar-refractivity contribution < 1.29 is 23.5 Å². The van der Waals surface area contributed by atoms with Gasteiger partial charge in [-0.05, 0) is 19.1 Å². The number of rotatable bonds is 5. The Bertz CT molecular complexity index is 1020. The van der Waals surface area contributed by atoms with Crippen LogP contribution in [-0.4, -0.2) is 29.9 Å². The van der Waals surface area contributed by atoms with Crippen molar-refractivity contribution in [3.05, 3.63) is 77.7 Å². The third-order valence-corrected chi connectivity index (χ3v) is 4.04. The molecule has 3 amide bonds. The second-order valence-corrected chi connectivity index (χ2v) is 6.05. The molecule has 0 aliphatic carbocycles. The van der Waals surface area contributed by atoms with E-state index >= 15 is 0 Å². The Morgan fingerprint density at radius 3 is 2.24 bits per heavy atom. The number of aryl methyl sites for hydroxylation is 1. The monoisotopic (exact) mass is 393 g/mol. The van der Waals surface area contributed by atoms with E-state index in [1.165, 1.54) is 7.05 Å². The Balaban J connectivity index is 1.86. The molecular formula is C21H19N3O5. The number of hydrogen-bond donors (Lipinski definition) is 2. The first kappa shape index (κ1) is 19.8. The van der Waals surface area contributed by atoms with Crippen LogP contribution < -0.4 is 10.6 Å². The summed E-state index contributed by atoms with van der Waals surface area (Å²) in [7, 11) is 1.37. The molecule has 0 aliphatic heterocycles. The number of nitrogens with one attached hydrogen (secondary N) is 2. The fraction of sp³-hybridized carbons (Fsp3) is 0.143. The van der Waals surface area contributed by atoms with E-state index in [2.05, 4.69) is 15.6 Å². The predicted molar refractivity (Wildman–Crippen MR) is 104 cm³/mol. The molecule has 29 heavy (non-hydrogen) atoms. The Labute approximate surface area is 166 Å². The summed E-state index contributed by atoms with van der Waals surface area (Å²) in [4.78, 5) is 41.0. The summed E-state index contributed by atoms with van der Waals surface area (Å²) in [5.41, 5.74) is 1.07. The highest BCUT2D eigenvalue weighted by Crippen LogP contribution is 2.24. The van der Waals surface area contributed by atoms with Crippen LogP contribution in [0.25, 0.3) is 11.5 Å². The van der Waals surface area contributed by atoms with Crippen molar-refractivity contribution >= 4 is 17.9 Å². The second kappa shape index (κ2) is 8.83. The smallest absolute Gasteiger partial charge is 0.361 e. The molecule has 0 saturated heterocycles. The molecule has 2 aromatic carbocycles. The van der Waals surface area contributed by atoms with Gasteiger partial charge in [0, 0.05) is 18.2 Å². The largest absolute Gasteiger partial charge is 0.442 e. The van der Waals surface area contributed by atoms with Crippen LogP contribution in [0.1, 0.15) is 27.9 Å². The lowest BCUT2D eigenvalue weighted by molar-refractivity contribution is -0.129. The van der Waals surface area contributed by atoms with Gasteiger partial charge in [0.05, 0.1) is 0 Å². The molecular weight excluding hydrogens is 374 g/mol. The molecule has 0 bridgehead atoms. The Kier molecular flexibility index (Phi) is 6.03. The summed E-state index contributed by atoms with van der Waals surface area (Å²) >= 11 is 0. The first-order valence-corrected chi connectivity index (χ1v) is 8.81. The Morgan fingerprint density at radius 2 is 1.62 bits per heavy atom. The molecule has 3 aromatic rings. The number of oxazole rings is 1. The number of aromatic nitrogens is 1. The number of esters is 1. The van der Waals surface area contributed by atoms with Crippen LogP contribution in [0.3, 0.4) is 0 Å². The molecule has 1 heterocycles. The number of hydrogen-bond acceptors (Lipinski definition) is 6. The van der Waals surface area contributed by atoms with Gasteiger partial charge in [-0.1, -0.05) is 48.5 Å². The molecule has 3 rings (SSSR count). The quantitative estimate of drug-likeness (QED) is 0.645. The minimum Gasteiger partial charge on any atom is -0.442 e. The maximum atomic E-state index is 12.7. The SMILES string of the molecule is CNC(=O)NC(=O)[C@H](OC(=O)c1nc(-c2ccccc2)oc1C)c1ccccc1. The van der Waals surface area contributed by atoms with Crippen LogP contribution in [0.15, 0.2) is 65.1 Å². The maximum absolute atomic E-state index is 12.7. The van der Waals surface area contributed by atoms with Gasteiger partial charge >= 0.3 is 12.0 Å². The molecule has 1 aromatic heterocycles. The number of carbonyl (C=O) groups excluding carboxylic acids is 3. The highest BCUT2D eigenvalue weighted by molar-refractivity contribution is 5.99. The molecule has 2 N–H and O–H groups in total. The summed E-state index contributed by atoms with van der Waals surface area (Å²) in [6, 6.07) is 16.7. The molecule has 0 spiro atoms. The van der Waals surface area contributed by atoms with Crippen LogP contribution >= 0.6 is 0 Å². The standard InChI is InChI=1S/C21H19N3O5/c1-13-16(23-19(28-13)15-11-7-4-8-12-15)20(26)29-17(14-9-5-3-6-10-14)18(25)24-21(27)22-2/h3-12,17H,1-2H3,(H2,22,24,25,27)/t17-/m1/s1. The minimum atomic E-state index is -1.34. The predicted octanol–water partition coefficient (Wildman–Crippen LogP) is 3.00. The highest BCUT2D eigenvalue weighted by Gasteiger charge is 2.29. The molecule has 0 unspecified atom stereocenters. The van der Waals surface area contributed by atoms with E-state index in [9.17, 15) is 14.4 Å². The van der Waals surface area contributed by atoms with Crippen molar-refractivity contribution in [1.29, 1.82) is 0 Å². The summed E-state index contributed by atoms with van der Waals surface area (Å²) < 4.78 is 11.0. The number of urea groups is 1. The van der Waals surface area contributed by atoms with Crippen molar-refractivity contribution in [3.63, 3.8) is 0 Å². The Hall–Kier alpha value is -3.94. The zero-order chi connectivity index (χ0) is 20.8. The fourth-order valence-electron chi connectivity index (χ4n) is 2.59. The number of nitrogens with zero attached hydrogens (tertiary/aromatic N) is 1. The number of benzene rings is 2. The van der Waals surface area contributed by atoms with Gasteiger partial charge in [0.25, 0.3) is 5.91 Å². The summed E-state index contributed by atoms with van der Waals surface area (Å²) in [5.74, 6) is -1.10. The molecule has 0 radical (unpaired) electrons. The van der Waals surface area contributed by atoms with E-state index in [1.807, 2.05) is 18.2 Å². The van der Waals surface area contributed by atoms with Crippen LogP contribution in [0, 0.1) is 6.92 Å². The van der Waals surface area contributed by atoms with Gasteiger partial charge < -0.3 is 14.5 Å². The normalized spacial score (nSPS) is 11.4. The number of imide groups is 1. The molecule has 1 atom stereocenters. The summed E-state index contributed by atoms with van der Waals surface area (Å²) in [5, 5.41) is 4.40. The van der Waals surface area contributed by atoms with Crippen LogP contribution in [0.5, 0.6) is 0 Å². The topological polar surface area (TPSA) is 111 Å². The zero-order valence-corrected chi connectivity index (χ0v) is 15.8. The highest BCUT2D eigenvalue weighted by atomic mass is 16.5. The molecule has 0 saturated carbocycles.